The second kappa shape index (κ2) is 7.63. The van der Waals surface area contributed by atoms with Gasteiger partial charge in [-0.05, 0) is 36.4 Å². The number of methoxy groups -OCH3 is 1. The first-order valence-corrected chi connectivity index (χ1v) is 9.48. The molecule has 2 N–H and O–H groups in total. The average molecular weight is 390 g/mol. The highest BCUT2D eigenvalue weighted by Gasteiger charge is 2.17. The molecule has 6 nitrogen and oxygen atoms in total. The number of pyridine rings is 1. The molecule has 0 saturated heterocycles. The van der Waals surface area contributed by atoms with E-state index in [-0.39, 0.29) is 9.92 Å². The van der Waals surface area contributed by atoms with Gasteiger partial charge in [-0.2, -0.15) is 0 Å². The third-order valence-electron chi connectivity index (χ3n) is 3.48. The van der Waals surface area contributed by atoms with E-state index in [2.05, 4.69) is 15.0 Å². The van der Waals surface area contributed by atoms with Crippen LogP contribution in [0.5, 0.6) is 5.75 Å². The maximum absolute atomic E-state index is 12.4. The van der Waals surface area contributed by atoms with Crippen LogP contribution in [0.25, 0.3) is 0 Å². The minimum absolute atomic E-state index is 0.0141. The molecule has 0 aliphatic carbocycles. The van der Waals surface area contributed by atoms with E-state index in [1.807, 2.05) is 24.3 Å². The number of halogens is 1. The van der Waals surface area contributed by atoms with Crippen LogP contribution in [0.4, 0.5) is 17.2 Å². The number of ether oxygens (including phenoxy) is 1. The molecule has 0 radical (unpaired) electrons. The van der Waals surface area contributed by atoms with E-state index in [1.54, 1.807) is 31.4 Å². The van der Waals surface area contributed by atoms with Gasteiger partial charge in [0.1, 0.15) is 16.5 Å². The summed E-state index contributed by atoms with van der Waals surface area (Å²) in [7, 11) is -2.19. The molecule has 0 atom stereocenters. The second-order valence-electron chi connectivity index (χ2n) is 5.32. The van der Waals surface area contributed by atoms with E-state index in [1.165, 1.54) is 18.3 Å². The van der Waals surface area contributed by atoms with E-state index in [0.29, 0.717) is 11.5 Å². The zero-order valence-corrected chi connectivity index (χ0v) is 15.4. The number of rotatable bonds is 6. The SMILES string of the molecule is COc1cccc(Nc2ccc(NS(=O)(=O)c3ccccc3Cl)cn2)c1. The molecule has 2 aromatic carbocycles. The lowest BCUT2D eigenvalue weighted by molar-refractivity contribution is 0.415. The number of sulfonamides is 1. The molecular weight excluding hydrogens is 374 g/mol. The number of nitrogens with zero attached hydrogens (tertiary/aromatic N) is 1. The van der Waals surface area contributed by atoms with Crippen molar-refractivity contribution in [3.05, 3.63) is 71.9 Å². The Hall–Kier alpha value is -2.77. The van der Waals surface area contributed by atoms with Gasteiger partial charge in [-0.3, -0.25) is 4.72 Å². The van der Waals surface area contributed by atoms with E-state index in [0.717, 1.165) is 11.4 Å². The van der Waals surface area contributed by atoms with Crippen molar-refractivity contribution in [2.45, 2.75) is 4.90 Å². The molecule has 0 amide bonds. The van der Waals surface area contributed by atoms with Gasteiger partial charge in [0.15, 0.2) is 0 Å². The quantitative estimate of drug-likeness (QED) is 0.657. The van der Waals surface area contributed by atoms with Gasteiger partial charge in [-0.1, -0.05) is 29.8 Å². The lowest BCUT2D eigenvalue weighted by atomic mass is 10.3. The maximum Gasteiger partial charge on any atom is 0.263 e. The smallest absolute Gasteiger partial charge is 0.263 e. The number of aromatic nitrogens is 1. The van der Waals surface area contributed by atoms with Gasteiger partial charge in [-0.25, -0.2) is 13.4 Å². The molecule has 0 unspecified atom stereocenters. The third kappa shape index (κ3) is 4.25. The third-order valence-corrected chi connectivity index (χ3v) is 5.37. The summed E-state index contributed by atoms with van der Waals surface area (Å²) in [6.07, 6.45) is 1.43. The number of benzene rings is 2. The van der Waals surface area contributed by atoms with Crippen LogP contribution in [0.15, 0.2) is 71.8 Å². The molecule has 0 saturated carbocycles. The van der Waals surface area contributed by atoms with E-state index < -0.39 is 10.0 Å². The molecule has 1 heterocycles. The number of anilines is 3. The molecule has 3 aromatic rings. The number of nitrogens with one attached hydrogen (secondary N) is 2. The van der Waals surface area contributed by atoms with Crippen molar-refractivity contribution in [3.8, 4) is 5.75 Å². The van der Waals surface area contributed by atoms with Crippen molar-refractivity contribution in [2.24, 2.45) is 0 Å². The van der Waals surface area contributed by atoms with Gasteiger partial charge < -0.3 is 10.1 Å². The molecule has 0 bridgehead atoms. The first kappa shape index (κ1) is 18.0. The van der Waals surface area contributed by atoms with Crippen molar-refractivity contribution in [1.82, 2.24) is 4.98 Å². The Kier molecular flexibility index (Phi) is 5.29. The van der Waals surface area contributed by atoms with Crippen LogP contribution in [0, 0.1) is 0 Å². The van der Waals surface area contributed by atoms with E-state index >= 15 is 0 Å². The van der Waals surface area contributed by atoms with Crippen molar-refractivity contribution >= 4 is 38.8 Å². The molecule has 1 aromatic heterocycles. The molecule has 134 valence electrons. The summed E-state index contributed by atoms with van der Waals surface area (Å²) in [5.41, 5.74) is 1.14. The van der Waals surface area contributed by atoms with Crippen LogP contribution in [-0.4, -0.2) is 20.5 Å². The summed E-state index contributed by atoms with van der Waals surface area (Å²) < 4.78 is 32.5. The zero-order chi connectivity index (χ0) is 18.6. The van der Waals surface area contributed by atoms with Gasteiger partial charge >= 0.3 is 0 Å². The van der Waals surface area contributed by atoms with Crippen molar-refractivity contribution in [1.29, 1.82) is 0 Å². The first-order chi connectivity index (χ1) is 12.5. The molecule has 0 aliphatic rings. The Bertz CT molecular complexity index is 1010. The van der Waals surface area contributed by atoms with Crippen molar-refractivity contribution in [3.63, 3.8) is 0 Å². The zero-order valence-electron chi connectivity index (χ0n) is 13.8. The highest BCUT2D eigenvalue weighted by Crippen LogP contribution is 2.24. The van der Waals surface area contributed by atoms with Gasteiger partial charge in [0.2, 0.25) is 0 Å². The normalized spacial score (nSPS) is 11.0. The highest BCUT2D eigenvalue weighted by atomic mass is 35.5. The first-order valence-electron chi connectivity index (χ1n) is 7.62. The Labute approximate surface area is 156 Å². The monoisotopic (exact) mass is 389 g/mol. The standard InChI is InChI=1S/C18H16ClN3O3S/c1-25-15-6-4-5-13(11-15)21-18-10-9-14(12-20-18)22-26(23,24)17-8-3-2-7-16(17)19/h2-12,22H,1H3,(H,20,21). The van der Waals surface area contributed by atoms with Crippen LogP contribution in [-0.2, 0) is 10.0 Å². The summed E-state index contributed by atoms with van der Waals surface area (Å²) >= 11 is 5.96. The Morgan fingerprint density at radius 3 is 2.50 bits per heavy atom. The van der Waals surface area contributed by atoms with E-state index in [9.17, 15) is 8.42 Å². The van der Waals surface area contributed by atoms with Crippen LogP contribution in [0.3, 0.4) is 0 Å². The van der Waals surface area contributed by atoms with Gasteiger partial charge in [0.05, 0.1) is 24.0 Å². The fraction of sp³-hybridized carbons (Fsp3) is 0.0556. The minimum atomic E-state index is -3.78. The second-order valence-corrected chi connectivity index (χ2v) is 7.38. The largest absolute Gasteiger partial charge is 0.497 e. The summed E-state index contributed by atoms with van der Waals surface area (Å²) in [6, 6.07) is 16.9. The highest BCUT2D eigenvalue weighted by molar-refractivity contribution is 7.92. The summed E-state index contributed by atoms with van der Waals surface area (Å²) in [5, 5.41) is 3.28. The Morgan fingerprint density at radius 2 is 1.81 bits per heavy atom. The average Bonchev–Trinajstić information content (AvgIpc) is 2.63. The predicted molar refractivity (Wildman–Crippen MR) is 103 cm³/mol. The topological polar surface area (TPSA) is 80.3 Å². The van der Waals surface area contributed by atoms with E-state index in [4.69, 9.17) is 16.3 Å². The van der Waals surface area contributed by atoms with Crippen LogP contribution >= 0.6 is 11.6 Å². The molecule has 0 spiro atoms. The molecule has 26 heavy (non-hydrogen) atoms. The lowest BCUT2D eigenvalue weighted by Crippen LogP contribution is -2.13. The maximum atomic E-state index is 12.4. The van der Waals surface area contributed by atoms with Gasteiger partial charge in [-0.15, -0.1) is 0 Å². The van der Waals surface area contributed by atoms with Crippen LogP contribution in [0.1, 0.15) is 0 Å². The molecular formula is C18H16ClN3O3S. The fourth-order valence-electron chi connectivity index (χ4n) is 2.25. The van der Waals surface area contributed by atoms with Gasteiger partial charge in [0, 0.05) is 11.8 Å². The van der Waals surface area contributed by atoms with Crippen molar-refractivity contribution in [2.75, 3.05) is 17.1 Å². The summed E-state index contributed by atoms with van der Waals surface area (Å²) in [4.78, 5) is 4.23. The van der Waals surface area contributed by atoms with Crippen molar-refractivity contribution < 1.29 is 13.2 Å². The van der Waals surface area contributed by atoms with Crippen LogP contribution < -0.4 is 14.8 Å². The minimum Gasteiger partial charge on any atom is -0.497 e. The predicted octanol–water partition coefficient (Wildman–Crippen LogP) is 4.29. The molecule has 8 heteroatoms. The summed E-state index contributed by atoms with van der Waals surface area (Å²) in [6.45, 7) is 0. The lowest BCUT2D eigenvalue weighted by Gasteiger charge is -2.10. The van der Waals surface area contributed by atoms with Gasteiger partial charge in [0.25, 0.3) is 10.0 Å². The molecule has 0 aliphatic heterocycles. The number of hydrogen-bond acceptors (Lipinski definition) is 5. The molecule has 0 fully saturated rings. The Morgan fingerprint density at radius 1 is 1.00 bits per heavy atom. The fourth-order valence-corrected chi connectivity index (χ4v) is 3.81. The molecule has 3 rings (SSSR count). The summed E-state index contributed by atoms with van der Waals surface area (Å²) in [5.74, 6) is 1.29. The number of hydrogen-bond donors (Lipinski definition) is 2. The Balaban J connectivity index is 1.74. The van der Waals surface area contributed by atoms with Crippen LogP contribution in [0.2, 0.25) is 5.02 Å².